The Morgan fingerprint density at radius 1 is 1.03 bits per heavy atom. The Labute approximate surface area is 188 Å². The zero-order valence-corrected chi connectivity index (χ0v) is 18.8. The van der Waals surface area contributed by atoms with Crippen molar-refractivity contribution in [2.75, 3.05) is 31.1 Å². The molecule has 3 rings (SSSR count). The second-order valence-corrected chi connectivity index (χ2v) is 6.65. The molecule has 0 unspecified atom stereocenters. The van der Waals surface area contributed by atoms with E-state index in [4.69, 9.17) is 0 Å². The Kier molecular flexibility index (Phi) is 9.37. The van der Waals surface area contributed by atoms with Crippen LogP contribution in [0.1, 0.15) is 18.1 Å². The van der Waals surface area contributed by atoms with Gasteiger partial charge in [-0.05, 0) is 54.8 Å². The highest BCUT2D eigenvalue weighted by molar-refractivity contribution is 14.0. The van der Waals surface area contributed by atoms with Crippen molar-refractivity contribution in [3.63, 3.8) is 0 Å². The lowest BCUT2D eigenvalue weighted by molar-refractivity contribution is 0.583. The van der Waals surface area contributed by atoms with Gasteiger partial charge in [-0.2, -0.15) is 0 Å². The van der Waals surface area contributed by atoms with Crippen LogP contribution in [0.2, 0.25) is 0 Å². The molecule has 0 saturated carbocycles. The summed E-state index contributed by atoms with van der Waals surface area (Å²) in [5.74, 6) is -0.157. The van der Waals surface area contributed by atoms with E-state index in [-0.39, 0.29) is 24.0 Å². The van der Waals surface area contributed by atoms with Crippen LogP contribution in [0.4, 0.5) is 14.5 Å². The quantitative estimate of drug-likeness (QED) is 0.252. The van der Waals surface area contributed by atoms with Gasteiger partial charge in [0.05, 0.1) is 6.54 Å². The van der Waals surface area contributed by atoms with Crippen LogP contribution in [0.3, 0.4) is 0 Å². The van der Waals surface area contributed by atoms with E-state index in [9.17, 15) is 8.78 Å². The van der Waals surface area contributed by atoms with Crippen LogP contribution < -0.4 is 15.5 Å². The highest BCUT2D eigenvalue weighted by Crippen LogP contribution is 2.18. The second kappa shape index (κ2) is 11.7. The van der Waals surface area contributed by atoms with Crippen molar-refractivity contribution in [1.29, 1.82) is 0 Å². The summed E-state index contributed by atoms with van der Waals surface area (Å²) in [5, 5.41) is 6.35. The lowest BCUT2D eigenvalue weighted by atomic mass is 10.1. The molecule has 1 aliphatic rings. The first kappa shape index (κ1) is 23.1. The van der Waals surface area contributed by atoms with Crippen LogP contribution in [0.25, 0.3) is 0 Å². The van der Waals surface area contributed by atoms with Crippen molar-refractivity contribution in [3.05, 3.63) is 77.4 Å². The first-order chi connectivity index (χ1) is 13.7. The van der Waals surface area contributed by atoms with Crippen LogP contribution in [0, 0.1) is 11.6 Å². The Hall–Kier alpha value is -2.16. The maximum atomic E-state index is 13.7. The average molecular weight is 512 g/mol. The van der Waals surface area contributed by atoms with Crippen LogP contribution in [-0.4, -0.2) is 32.1 Å². The molecular formula is C22H27F2IN4. The van der Waals surface area contributed by atoms with E-state index < -0.39 is 11.6 Å². The number of benzene rings is 2. The molecule has 1 aliphatic heterocycles. The topological polar surface area (TPSA) is 39.7 Å². The number of hydrogen-bond acceptors (Lipinski definition) is 2. The molecule has 0 bridgehead atoms. The van der Waals surface area contributed by atoms with Gasteiger partial charge in [0.2, 0.25) is 0 Å². The lowest BCUT2D eigenvalue weighted by Crippen LogP contribution is -2.38. The number of guanidine groups is 1. The molecule has 2 aromatic carbocycles. The molecule has 0 atom stereocenters. The summed E-state index contributed by atoms with van der Waals surface area (Å²) in [7, 11) is 0. The van der Waals surface area contributed by atoms with Crippen molar-refractivity contribution < 1.29 is 8.78 Å². The van der Waals surface area contributed by atoms with Gasteiger partial charge in [-0.25, -0.2) is 13.8 Å². The third kappa shape index (κ3) is 6.99. The fourth-order valence-corrected chi connectivity index (χ4v) is 3.06. The molecule has 4 nitrogen and oxygen atoms in total. The normalized spacial score (nSPS) is 13.3. The third-order valence-corrected chi connectivity index (χ3v) is 4.58. The number of nitrogens with zero attached hydrogens (tertiary/aromatic N) is 2. The van der Waals surface area contributed by atoms with Crippen LogP contribution >= 0.6 is 24.0 Å². The fourth-order valence-electron chi connectivity index (χ4n) is 3.06. The summed E-state index contributed by atoms with van der Waals surface area (Å²) in [6.45, 7) is 5.63. The number of halogens is 3. The number of hydrogen-bond donors (Lipinski definition) is 2. The molecular weight excluding hydrogens is 485 g/mol. The standard InChI is InChI=1S/C22H26F2N4.HI/c1-2-25-22(26-12-11-18-15-19(23)7-10-21(18)24)27-16-17-5-8-20(9-6-17)28-13-3-4-14-28;/h3-10,15H,2,11-14,16H2,1H3,(H2,25,26,27);1H. The third-order valence-electron chi connectivity index (χ3n) is 4.58. The van der Waals surface area contributed by atoms with Crippen LogP contribution in [-0.2, 0) is 13.0 Å². The molecule has 0 radical (unpaired) electrons. The minimum atomic E-state index is -0.426. The van der Waals surface area contributed by atoms with Gasteiger partial charge >= 0.3 is 0 Å². The van der Waals surface area contributed by atoms with E-state index in [1.807, 2.05) is 6.92 Å². The van der Waals surface area contributed by atoms with Crippen LogP contribution in [0.5, 0.6) is 0 Å². The van der Waals surface area contributed by atoms with Gasteiger partial charge in [-0.3, -0.25) is 0 Å². The first-order valence-corrected chi connectivity index (χ1v) is 9.60. The Morgan fingerprint density at radius 3 is 2.45 bits per heavy atom. The minimum absolute atomic E-state index is 0. The molecule has 2 aromatic rings. The summed E-state index contributed by atoms with van der Waals surface area (Å²) in [4.78, 5) is 6.88. The second-order valence-electron chi connectivity index (χ2n) is 6.65. The zero-order valence-electron chi connectivity index (χ0n) is 16.5. The minimum Gasteiger partial charge on any atom is -0.364 e. The first-order valence-electron chi connectivity index (χ1n) is 9.60. The maximum absolute atomic E-state index is 13.7. The Balaban J connectivity index is 0.00000300. The molecule has 0 saturated heterocycles. The molecule has 7 heteroatoms. The van der Waals surface area contributed by atoms with Crippen molar-refractivity contribution in [3.8, 4) is 0 Å². The van der Waals surface area contributed by atoms with Crippen molar-refractivity contribution in [1.82, 2.24) is 10.6 Å². The summed E-state index contributed by atoms with van der Waals surface area (Å²) >= 11 is 0. The van der Waals surface area contributed by atoms with E-state index >= 15 is 0 Å². The largest absolute Gasteiger partial charge is 0.364 e. The Bertz CT molecular complexity index is 829. The summed E-state index contributed by atoms with van der Waals surface area (Å²) in [5.41, 5.74) is 2.68. The monoisotopic (exact) mass is 512 g/mol. The van der Waals surface area contributed by atoms with E-state index in [0.717, 1.165) is 37.3 Å². The number of aliphatic imine (C=N–C) groups is 1. The molecule has 0 spiro atoms. The van der Waals surface area contributed by atoms with Crippen LogP contribution in [0.15, 0.2) is 59.6 Å². The van der Waals surface area contributed by atoms with E-state index in [1.165, 1.54) is 11.8 Å². The SMILES string of the molecule is CCNC(=NCc1ccc(N2CC=CC2)cc1)NCCc1cc(F)ccc1F.I. The summed E-state index contributed by atoms with van der Waals surface area (Å²) in [6.07, 6.45) is 4.72. The van der Waals surface area contributed by atoms with E-state index in [0.29, 0.717) is 31.0 Å². The molecule has 0 fully saturated rings. The van der Waals surface area contributed by atoms with Crippen molar-refractivity contribution >= 4 is 35.6 Å². The van der Waals surface area contributed by atoms with Gasteiger partial charge in [0, 0.05) is 31.9 Å². The molecule has 2 N–H and O–H groups in total. The summed E-state index contributed by atoms with van der Waals surface area (Å²) < 4.78 is 27.0. The maximum Gasteiger partial charge on any atom is 0.191 e. The fraction of sp³-hybridized carbons (Fsp3) is 0.318. The van der Waals surface area contributed by atoms with Gasteiger partial charge in [0.25, 0.3) is 0 Å². The van der Waals surface area contributed by atoms with Gasteiger partial charge in [0.15, 0.2) is 5.96 Å². The molecule has 0 amide bonds. The number of nitrogens with one attached hydrogen (secondary N) is 2. The molecule has 0 aliphatic carbocycles. The van der Waals surface area contributed by atoms with E-state index in [1.54, 1.807) is 0 Å². The molecule has 1 heterocycles. The Morgan fingerprint density at radius 2 is 1.76 bits per heavy atom. The highest BCUT2D eigenvalue weighted by atomic mass is 127. The molecule has 0 aromatic heterocycles. The van der Waals surface area contributed by atoms with Gasteiger partial charge in [0.1, 0.15) is 11.6 Å². The van der Waals surface area contributed by atoms with E-state index in [2.05, 4.69) is 56.9 Å². The average Bonchev–Trinajstić information content (AvgIpc) is 3.24. The summed E-state index contributed by atoms with van der Waals surface area (Å²) in [6, 6.07) is 11.9. The van der Waals surface area contributed by atoms with Crippen molar-refractivity contribution in [2.24, 2.45) is 4.99 Å². The predicted octanol–water partition coefficient (Wildman–Crippen LogP) is 4.26. The van der Waals surface area contributed by atoms with Gasteiger partial charge in [-0.15, -0.1) is 24.0 Å². The van der Waals surface area contributed by atoms with Crippen molar-refractivity contribution in [2.45, 2.75) is 19.9 Å². The smallest absolute Gasteiger partial charge is 0.191 e. The molecule has 156 valence electrons. The zero-order chi connectivity index (χ0) is 19.8. The molecule has 29 heavy (non-hydrogen) atoms. The predicted molar refractivity (Wildman–Crippen MR) is 126 cm³/mol. The number of anilines is 1. The van der Waals surface area contributed by atoms with Gasteiger partial charge < -0.3 is 15.5 Å². The highest BCUT2D eigenvalue weighted by Gasteiger charge is 2.07. The lowest BCUT2D eigenvalue weighted by Gasteiger charge is -2.17. The number of rotatable bonds is 7. The van der Waals surface area contributed by atoms with Gasteiger partial charge in [-0.1, -0.05) is 24.3 Å².